The molecule has 2 aromatic carbocycles. The summed E-state index contributed by atoms with van der Waals surface area (Å²) >= 11 is 1.13. The molecule has 0 radical (unpaired) electrons. The third kappa shape index (κ3) is 5.24. The molecule has 2 heterocycles. The topological polar surface area (TPSA) is 67.0 Å². The van der Waals surface area contributed by atoms with Gasteiger partial charge < -0.3 is 9.73 Å². The molecular weight excluding hydrogens is 427 g/mol. The van der Waals surface area contributed by atoms with E-state index >= 15 is 0 Å². The van der Waals surface area contributed by atoms with Crippen LogP contribution in [-0.2, 0) is 17.4 Å². The van der Waals surface area contributed by atoms with E-state index in [-0.39, 0.29) is 17.5 Å². The SMILES string of the molecule is O=C1N/C(=N\N=C\c2ccc(-c3ccccc3)o2)SC1Cc1cccc(C(F)(F)F)c1. The van der Waals surface area contributed by atoms with E-state index in [9.17, 15) is 18.0 Å². The lowest BCUT2D eigenvalue weighted by atomic mass is 10.1. The number of amides is 1. The Labute approximate surface area is 180 Å². The maximum absolute atomic E-state index is 12.9. The first-order valence-electron chi connectivity index (χ1n) is 9.28. The molecule has 1 amide bonds. The van der Waals surface area contributed by atoms with E-state index < -0.39 is 17.0 Å². The number of furan rings is 1. The average molecular weight is 443 g/mol. The van der Waals surface area contributed by atoms with Crippen LogP contribution < -0.4 is 5.32 Å². The van der Waals surface area contributed by atoms with Crippen LogP contribution in [0.25, 0.3) is 11.3 Å². The normalized spacial score (nSPS) is 18.1. The fourth-order valence-corrected chi connectivity index (χ4v) is 3.96. The molecule has 9 heteroatoms. The second kappa shape index (κ2) is 8.81. The van der Waals surface area contributed by atoms with Crippen LogP contribution in [0.5, 0.6) is 0 Å². The molecule has 31 heavy (non-hydrogen) atoms. The quantitative estimate of drug-likeness (QED) is 0.439. The number of amidine groups is 1. The highest BCUT2D eigenvalue weighted by Gasteiger charge is 2.33. The fourth-order valence-electron chi connectivity index (χ4n) is 2.99. The summed E-state index contributed by atoms with van der Waals surface area (Å²) in [5.74, 6) is 0.873. The second-order valence-electron chi connectivity index (χ2n) is 6.72. The van der Waals surface area contributed by atoms with Crippen LogP contribution in [-0.4, -0.2) is 22.5 Å². The summed E-state index contributed by atoms with van der Waals surface area (Å²) in [7, 11) is 0. The van der Waals surface area contributed by atoms with Gasteiger partial charge in [0.1, 0.15) is 11.5 Å². The molecule has 0 aliphatic carbocycles. The Morgan fingerprint density at radius 2 is 1.87 bits per heavy atom. The van der Waals surface area contributed by atoms with Crippen LogP contribution in [0.1, 0.15) is 16.9 Å². The van der Waals surface area contributed by atoms with Crippen LogP contribution in [0.3, 0.4) is 0 Å². The lowest BCUT2D eigenvalue weighted by Gasteiger charge is -2.10. The van der Waals surface area contributed by atoms with Gasteiger partial charge in [0.2, 0.25) is 5.91 Å². The maximum atomic E-state index is 12.9. The molecule has 1 aliphatic heterocycles. The number of halogens is 3. The summed E-state index contributed by atoms with van der Waals surface area (Å²) < 4.78 is 44.3. The van der Waals surface area contributed by atoms with E-state index in [1.807, 2.05) is 36.4 Å². The number of rotatable bonds is 5. The number of nitrogens with one attached hydrogen (secondary N) is 1. The van der Waals surface area contributed by atoms with E-state index in [1.54, 1.807) is 12.1 Å². The number of alkyl halides is 3. The number of benzene rings is 2. The van der Waals surface area contributed by atoms with Gasteiger partial charge in [-0.05, 0) is 30.2 Å². The van der Waals surface area contributed by atoms with E-state index in [1.165, 1.54) is 12.3 Å². The second-order valence-corrected chi connectivity index (χ2v) is 7.91. The van der Waals surface area contributed by atoms with Gasteiger partial charge in [-0.2, -0.15) is 18.3 Å². The Bertz CT molecular complexity index is 1140. The zero-order valence-corrected chi connectivity index (χ0v) is 16.8. The molecule has 1 atom stereocenters. The number of hydrogen-bond acceptors (Lipinski definition) is 5. The highest BCUT2D eigenvalue weighted by atomic mass is 32.2. The third-order valence-corrected chi connectivity index (χ3v) is 5.54. The molecule has 158 valence electrons. The predicted octanol–water partition coefficient (Wildman–Crippen LogP) is 5.13. The van der Waals surface area contributed by atoms with E-state index in [2.05, 4.69) is 15.5 Å². The van der Waals surface area contributed by atoms with Crippen LogP contribution in [0.2, 0.25) is 0 Å². The van der Waals surface area contributed by atoms with Crippen LogP contribution in [0, 0.1) is 0 Å². The molecule has 5 nitrogen and oxygen atoms in total. The van der Waals surface area contributed by atoms with Gasteiger partial charge in [-0.15, -0.1) is 5.10 Å². The van der Waals surface area contributed by atoms with Gasteiger partial charge >= 0.3 is 6.18 Å². The minimum Gasteiger partial charge on any atom is -0.455 e. The Kier molecular flexibility index (Phi) is 5.94. The van der Waals surface area contributed by atoms with Crippen molar-refractivity contribution in [2.24, 2.45) is 10.2 Å². The number of carbonyl (C=O) groups excluding carboxylic acids is 1. The van der Waals surface area contributed by atoms with Gasteiger partial charge in [0, 0.05) is 5.56 Å². The molecule has 0 bridgehead atoms. The zero-order chi connectivity index (χ0) is 21.8. The van der Waals surface area contributed by atoms with Gasteiger partial charge in [-0.25, -0.2) is 0 Å². The minimum absolute atomic E-state index is 0.155. The predicted molar refractivity (Wildman–Crippen MR) is 114 cm³/mol. The summed E-state index contributed by atoms with van der Waals surface area (Å²) in [6.07, 6.45) is -2.84. The molecule has 1 N–H and O–H groups in total. The van der Waals surface area contributed by atoms with Gasteiger partial charge in [0.15, 0.2) is 5.17 Å². The van der Waals surface area contributed by atoms with Gasteiger partial charge in [-0.1, -0.05) is 60.3 Å². The molecule has 4 rings (SSSR count). The summed E-state index contributed by atoms with van der Waals surface area (Å²) in [5.41, 5.74) is 0.626. The van der Waals surface area contributed by atoms with E-state index in [0.29, 0.717) is 17.1 Å². The lowest BCUT2D eigenvalue weighted by Crippen LogP contribution is -2.26. The Hall–Kier alpha value is -3.33. The first-order chi connectivity index (χ1) is 14.9. The fraction of sp³-hybridized carbons (Fsp3) is 0.136. The average Bonchev–Trinajstić information content (AvgIpc) is 3.35. The molecular formula is C22H16F3N3O2S. The van der Waals surface area contributed by atoms with Crippen molar-refractivity contribution < 1.29 is 22.4 Å². The number of carbonyl (C=O) groups is 1. The highest BCUT2D eigenvalue weighted by Crippen LogP contribution is 2.31. The number of nitrogens with zero attached hydrogens (tertiary/aromatic N) is 2. The van der Waals surface area contributed by atoms with E-state index in [0.717, 1.165) is 29.5 Å². The first-order valence-corrected chi connectivity index (χ1v) is 10.2. The molecule has 1 aromatic heterocycles. The third-order valence-electron chi connectivity index (χ3n) is 4.47. The Morgan fingerprint density at radius 3 is 2.65 bits per heavy atom. The number of thioether (sulfide) groups is 1. The van der Waals surface area contributed by atoms with Gasteiger partial charge in [-0.3, -0.25) is 4.79 Å². The van der Waals surface area contributed by atoms with Crippen molar-refractivity contribution in [1.29, 1.82) is 0 Å². The van der Waals surface area contributed by atoms with E-state index in [4.69, 9.17) is 4.42 Å². The molecule has 1 unspecified atom stereocenters. The van der Waals surface area contributed by atoms with Crippen molar-refractivity contribution in [3.05, 3.63) is 83.6 Å². The summed E-state index contributed by atoms with van der Waals surface area (Å²) in [4.78, 5) is 12.2. The van der Waals surface area contributed by atoms with Crippen molar-refractivity contribution in [3.8, 4) is 11.3 Å². The van der Waals surface area contributed by atoms with Crippen molar-refractivity contribution in [3.63, 3.8) is 0 Å². The molecule has 1 fully saturated rings. The summed E-state index contributed by atoms with van der Waals surface area (Å²) in [5, 5.41) is 10.2. The Morgan fingerprint density at radius 1 is 1.06 bits per heavy atom. The largest absolute Gasteiger partial charge is 0.455 e. The lowest BCUT2D eigenvalue weighted by molar-refractivity contribution is -0.137. The van der Waals surface area contributed by atoms with Crippen LogP contribution in [0.4, 0.5) is 13.2 Å². The number of hydrogen-bond donors (Lipinski definition) is 1. The monoisotopic (exact) mass is 443 g/mol. The standard InChI is InChI=1S/C22H16F3N3O2S/c23-22(24,25)16-8-4-5-14(11-16)12-19-20(29)27-21(31-19)28-26-13-17-9-10-18(30-17)15-6-2-1-3-7-15/h1-11,13,19H,12H2,(H,27,28,29)/b26-13+. The van der Waals surface area contributed by atoms with Crippen LogP contribution >= 0.6 is 11.8 Å². The van der Waals surface area contributed by atoms with Crippen molar-refractivity contribution in [1.82, 2.24) is 5.32 Å². The van der Waals surface area contributed by atoms with Gasteiger partial charge in [0.05, 0.1) is 17.0 Å². The molecule has 0 saturated carbocycles. The summed E-state index contributed by atoms with van der Waals surface area (Å²) in [6.45, 7) is 0. The molecule has 1 saturated heterocycles. The maximum Gasteiger partial charge on any atom is 0.416 e. The van der Waals surface area contributed by atoms with Crippen molar-refractivity contribution in [2.75, 3.05) is 0 Å². The molecule has 3 aromatic rings. The zero-order valence-electron chi connectivity index (χ0n) is 16.0. The van der Waals surface area contributed by atoms with Crippen molar-refractivity contribution >= 4 is 29.1 Å². The van der Waals surface area contributed by atoms with Crippen LogP contribution in [0.15, 0.2) is 81.4 Å². The first kappa shape index (κ1) is 20.9. The van der Waals surface area contributed by atoms with Crippen molar-refractivity contribution in [2.45, 2.75) is 17.8 Å². The molecule has 0 spiro atoms. The summed E-state index contributed by atoms with van der Waals surface area (Å²) in [6, 6.07) is 18.1. The molecule has 1 aliphatic rings. The highest BCUT2D eigenvalue weighted by molar-refractivity contribution is 8.15. The minimum atomic E-state index is -4.42. The smallest absolute Gasteiger partial charge is 0.416 e. The Balaban J connectivity index is 1.39. The van der Waals surface area contributed by atoms with Gasteiger partial charge in [0.25, 0.3) is 0 Å².